The highest BCUT2D eigenvalue weighted by molar-refractivity contribution is 6.19. The van der Waals surface area contributed by atoms with Crippen LogP contribution in [0.2, 0.25) is 0 Å². The fourth-order valence-corrected chi connectivity index (χ4v) is 6.97. The van der Waals surface area contributed by atoms with Gasteiger partial charge in [-0.2, -0.15) is 9.97 Å². The molecule has 0 saturated heterocycles. The second-order valence-corrected chi connectivity index (χ2v) is 11.7. The van der Waals surface area contributed by atoms with E-state index >= 15 is 0 Å². The molecule has 0 amide bonds. The molecule has 5 heteroatoms. The lowest BCUT2D eigenvalue weighted by Gasteiger charge is -2.32. The van der Waals surface area contributed by atoms with Crippen LogP contribution in [0.15, 0.2) is 150 Å². The fraction of sp³-hybridized carbons (Fsp3) is 0. The number of benzene rings is 7. The molecule has 0 saturated carbocycles. The molecule has 7 aromatic carbocycles. The van der Waals surface area contributed by atoms with E-state index < -0.39 is 0 Å². The minimum atomic E-state index is 0.562. The fourth-order valence-electron chi connectivity index (χ4n) is 6.97. The Labute approximate surface area is 264 Å². The van der Waals surface area contributed by atoms with Crippen molar-refractivity contribution in [3.63, 3.8) is 0 Å². The van der Waals surface area contributed by atoms with E-state index in [2.05, 4.69) is 95.9 Å². The molecule has 214 valence electrons. The minimum absolute atomic E-state index is 0.562. The predicted octanol–water partition coefficient (Wildman–Crippen LogP) is 10.9. The number of fused-ring (bicyclic) bond motifs is 7. The third-order valence-electron chi connectivity index (χ3n) is 9.03. The Morgan fingerprint density at radius 3 is 2.07 bits per heavy atom. The van der Waals surface area contributed by atoms with E-state index in [1.165, 1.54) is 32.7 Å². The van der Waals surface area contributed by atoms with Gasteiger partial charge in [-0.1, -0.05) is 115 Å². The third-order valence-corrected chi connectivity index (χ3v) is 9.03. The maximum Gasteiger partial charge on any atom is 0.238 e. The maximum absolute atomic E-state index is 6.26. The predicted molar refractivity (Wildman–Crippen MR) is 187 cm³/mol. The molecule has 9 aromatic rings. The average Bonchev–Trinajstić information content (AvgIpc) is 3.50. The molecular formula is C41H24N4O. The smallest absolute Gasteiger partial charge is 0.238 e. The van der Waals surface area contributed by atoms with E-state index in [1.807, 2.05) is 54.6 Å². The molecule has 0 bridgehead atoms. The van der Waals surface area contributed by atoms with Crippen LogP contribution in [-0.4, -0.2) is 15.0 Å². The standard InChI is InChI=1S/C41H24N4O/c1-2-11-27(12-3-1)39-42-40(28-20-22-31-30-16-6-7-19-35(30)46-36(31)24-28)44-41(43-39)45-33-18-9-14-26-13-8-17-32(37(26)33)38-29-15-5-4-10-25(29)21-23-34(38)45/h1-24H. The molecule has 1 aliphatic rings. The molecule has 5 nitrogen and oxygen atoms in total. The van der Waals surface area contributed by atoms with Crippen LogP contribution < -0.4 is 4.90 Å². The lowest BCUT2D eigenvalue weighted by atomic mass is 9.88. The van der Waals surface area contributed by atoms with E-state index in [9.17, 15) is 0 Å². The summed E-state index contributed by atoms with van der Waals surface area (Å²) >= 11 is 0. The van der Waals surface area contributed by atoms with E-state index in [-0.39, 0.29) is 0 Å². The normalized spacial score (nSPS) is 12.3. The minimum Gasteiger partial charge on any atom is -0.456 e. The summed E-state index contributed by atoms with van der Waals surface area (Å²) < 4.78 is 6.26. The topological polar surface area (TPSA) is 55.1 Å². The first-order chi connectivity index (χ1) is 22.8. The van der Waals surface area contributed by atoms with Crippen LogP contribution in [0.1, 0.15) is 0 Å². The molecule has 0 aliphatic carbocycles. The largest absolute Gasteiger partial charge is 0.456 e. The van der Waals surface area contributed by atoms with Crippen LogP contribution >= 0.6 is 0 Å². The van der Waals surface area contributed by atoms with Crippen LogP contribution in [-0.2, 0) is 0 Å². The second kappa shape index (κ2) is 9.58. The number of nitrogens with zero attached hydrogens (tertiary/aromatic N) is 4. The highest BCUT2D eigenvalue weighted by atomic mass is 16.3. The zero-order valence-electron chi connectivity index (χ0n) is 24.6. The summed E-state index contributed by atoms with van der Waals surface area (Å²) in [4.78, 5) is 17.6. The van der Waals surface area contributed by atoms with Crippen molar-refractivity contribution < 1.29 is 4.42 Å². The summed E-state index contributed by atoms with van der Waals surface area (Å²) in [6, 6.07) is 50.4. The quantitative estimate of drug-likeness (QED) is 0.205. The second-order valence-electron chi connectivity index (χ2n) is 11.7. The summed E-state index contributed by atoms with van der Waals surface area (Å²) in [6.45, 7) is 0. The van der Waals surface area contributed by atoms with Gasteiger partial charge in [-0.15, -0.1) is 0 Å². The van der Waals surface area contributed by atoms with E-state index in [1.54, 1.807) is 0 Å². The van der Waals surface area contributed by atoms with Crippen molar-refractivity contribution in [2.45, 2.75) is 0 Å². The Hall–Kier alpha value is -6.33. The highest BCUT2D eigenvalue weighted by Crippen LogP contribution is 2.52. The molecule has 1 aliphatic heterocycles. The molecule has 10 rings (SSSR count). The van der Waals surface area contributed by atoms with Crippen LogP contribution in [0.4, 0.5) is 17.3 Å². The zero-order chi connectivity index (χ0) is 30.2. The van der Waals surface area contributed by atoms with Gasteiger partial charge < -0.3 is 4.42 Å². The monoisotopic (exact) mass is 588 g/mol. The number of aromatic nitrogens is 3. The highest BCUT2D eigenvalue weighted by Gasteiger charge is 2.30. The van der Waals surface area contributed by atoms with Crippen molar-refractivity contribution in [1.82, 2.24) is 15.0 Å². The summed E-state index contributed by atoms with van der Waals surface area (Å²) in [5, 5.41) is 6.90. The molecule has 0 radical (unpaired) electrons. The van der Waals surface area contributed by atoms with E-state index in [0.717, 1.165) is 44.4 Å². The number of rotatable bonds is 3. The van der Waals surface area contributed by atoms with Crippen LogP contribution in [0, 0.1) is 0 Å². The van der Waals surface area contributed by atoms with Crippen LogP contribution in [0.25, 0.3) is 77.4 Å². The zero-order valence-corrected chi connectivity index (χ0v) is 24.6. The molecule has 2 aromatic heterocycles. The van der Waals surface area contributed by atoms with Gasteiger partial charge in [0.1, 0.15) is 11.2 Å². The summed E-state index contributed by atoms with van der Waals surface area (Å²) in [5.74, 6) is 1.75. The number of anilines is 3. The van der Waals surface area contributed by atoms with Gasteiger partial charge in [-0.05, 0) is 52.1 Å². The van der Waals surface area contributed by atoms with Crippen molar-refractivity contribution >= 4 is 60.8 Å². The molecule has 0 unspecified atom stereocenters. The van der Waals surface area contributed by atoms with Crippen molar-refractivity contribution in [3.8, 4) is 33.9 Å². The SMILES string of the molecule is c1ccc(-c2nc(-c3ccc4c(c3)oc3ccccc34)nc(N3c4ccc5ccccc5c4-c4cccc5cccc3c45)n2)cc1. The number of para-hydroxylation sites is 1. The lowest BCUT2D eigenvalue weighted by Crippen LogP contribution is -2.19. The Bertz CT molecular complexity index is 2650. The van der Waals surface area contributed by atoms with E-state index in [0.29, 0.717) is 17.6 Å². The molecule has 0 spiro atoms. The molecule has 0 N–H and O–H groups in total. The molecule has 46 heavy (non-hydrogen) atoms. The van der Waals surface area contributed by atoms with Gasteiger partial charge in [-0.25, -0.2) is 4.98 Å². The Balaban J connectivity index is 1.27. The van der Waals surface area contributed by atoms with E-state index in [4.69, 9.17) is 19.4 Å². The van der Waals surface area contributed by atoms with Crippen molar-refractivity contribution in [2.75, 3.05) is 4.90 Å². The number of hydrogen-bond donors (Lipinski definition) is 0. The van der Waals surface area contributed by atoms with Crippen molar-refractivity contribution in [1.29, 1.82) is 0 Å². The van der Waals surface area contributed by atoms with Crippen LogP contribution in [0.3, 0.4) is 0 Å². The Morgan fingerprint density at radius 2 is 1.17 bits per heavy atom. The number of furan rings is 1. The van der Waals surface area contributed by atoms with Gasteiger partial charge in [0.2, 0.25) is 5.95 Å². The van der Waals surface area contributed by atoms with Gasteiger partial charge in [0.25, 0.3) is 0 Å². The first kappa shape index (κ1) is 25.0. The van der Waals surface area contributed by atoms with Gasteiger partial charge in [0.05, 0.1) is 11.4 Å². The summed E-state index contributed by atoms with van der Waals surface area (Å²) in [6.07, 6.45) is 0. The molecule has 0 fully saturated rings. The third kappa shape index (κ3) is 3.66. The maximum atomic E-state index is 6.26. The Kier molecular flexibility index (Phi) is 5.22. The summed E-state index contributed by atoms with van der Waals surface area (Å²) in [7, 11) is 0. The first-order valence-electron chi connectivity index (χ1n) is 15.4. The summed E-state index contributed by atoms with van der Waals surface area (Å²) in [5.41, 5.74) is 7.91. The van der Waals surface area contributed by atoms with Crippen molar-refractivity contribution in [2.24, 2.45) is 0 Å². The van der Waals surface area contributed by atoms with Crippen molar-refractivity contribution in [3.05, 3.63) is 146 Å². The lowest BCUT2D eigenvalue weighted by molar-refractivity contribution is 0.669. The van der Waals surface area contributed by atoms with Gasteiger partial charge in [0.15, 0.2) is 11.6 Å². The van der Waals surface area contributed by atoms with Gasteiger partial charge >= 0.3 is 0 Å². The average molecular weight is 589 g/mol. The molecule has 3 heterocycles. The van der Waals surface area contributed by atoms with Gasteiger partial charge in [0, 0.05) is 32.8 Å². The number of hydrogen-bond acceptors (Lipinski definition) is 5. The molecule has 0 atom stereocenters. The van der Waals surface area contributed by atoms with Crippen LogP contribution in [0.5, 0.6) is 0 Å². The Morgan fingerprint density at radius 1 is 0.457 bits per heavy atom. The molecular weight excluding hydrogens is 564 g/mol. The first-order valence-corrected chi connectivity index (χ1v) is 15.4. The van der Waals surface area contributed by atoms with Gasteiger partial charge in [-0.3, -0.25) is 4.90 Å².